The summed E-state index contributed by atoms with van der Waals surface area (Å²) in [6, 6.07) is 1.82. The van der Waals surface area contributed by atoms with Crippen LogP contribution in [-0.4, -0.2) is 31.7 Å². The van der Waals surface area contributed by atoms with Crippen LogP contribution in [0.1, 0.15) is 27.3 Å². The third-order valence-corrected chi connectivity index (χ3v) is 5.30. The molecule has 0 bridgehead atoms. The van der Waals surface area contributed by atoms with Gasteiger partial charge in [-0.1, -0.05) is 11.6 Å². The number of aromatic nitrogens is 3. The molecule has 1 aliphatic rings. The summed E-state index contributed by atoms with van der Waals surface area (Å²) >= 11 is 7.37. The lowest BCUT2D eigenvalue weighted by Gasteiger charge is -2.28. The van der Waals surface area contributed by atoms with E-state index in [4.69, 9.17) is 11.6 Å². The summed E-state index contributed by atoms with van der Waals surface area (Å²) in [5.74, 6) is -0.307. The van der Waals surface area contributed by atoms with Gasteiger partial charge in [0.15, 0.2) is 4.96 Å². The van der Waals surface area contributed by atoms with E-state index in [2.05, 4.69) is 9.97 Å². The van der Waals surface area contributed by atoms with Crippen molar-refractivity contribution in [3.05, 3.63) is 61.7 Å². The number of nitrogens with zero attached hydrogens (tertiary/aromatic N) is 4. The first kappa shape index (κ1) is 15.3. The van der Waals surface area contributed by atoms with E-state index in [0.29, 0.717) is 29.5 Å². The molecule has 4 heterocycles. The van der Waals surface area contributed by atoms with Crippen LogP contribution in [0.15, 0.2) is 28.6 Å². The molecule has 6 nitrogen and oxygen atoms in total. The van der Waals surface area contributed by atoms with Crippen molar-refractivity contribution in [1.82, 2.24) is 19.3 Å². The van der Waals surface area contributed by atoms with Gasteiger partial charge in [0.05, 0.1) is 5.02 Å². The zero-order chi connectivity index (χ0) is 16.8. The van der Waals surface area contributed by atoms with Crippen LogP contribution in [0.3, 0.4) is 0 Å². The van der Waals surface area contributed by atoms with E-state index >= 15 is 0 Å². The van der Waals surface area contributed by atoms with Crippen molar-refractivity contribution in [1.29, 1.82) is 0 Å². The van der Waals surface area contributed by atoms with Gasteiger partial charge >= 0.3 is 0 Å². The zero-order valence-corrected chi connectivity index (χ0v) is 14.4. The van der Waals surface area contributed by atoms with Crippen molar-refractivity contribution in [2.45, 2.75) is 19.9 Å². The Morgan fingerprint density at radius 2 is 2.17 bits per heavy atom. The molecule has 0 aromatic carbocycles. The van der Waals surface area contributed by atoms with Gasteiger partial charge in [-0.3, -0.25) is 19.0 Å². The van der Waals surface area contributed by atoms with Gasteiger partial charge in [-0.25, -0.2) is 4.98 Å². The minimum atomic E-state index is -0.321. The average molecular weight is 361 g/mol. The van der Waals surface area contributed by atoms with Crippen LogP contribution < -0.4 is 5.56 Å². The third-order valence-electron chi connectivity index (χ3n) is 4.14. The number of fused-ring (bicyclic) bond motifs is 2. The first-order valence-electron chi connectivity index (χ1n) is 7.43. The maximum atomic E-state index is 12.8. The van der Waals surface area contributed by atoms with Gasteiger partial charge in [0.1, 0.15) is 5.56 Å². The van der Waals surface area contributed by atoms with Crippen molar-refractivity contribution in [2.75, 3.05) is 6.54 Å². The summed E-state index contributed by atoms with van der Waals surface area (Å²) in [6.45, 7) is 2.74. The Morgan fingerprint density at radius 1 is 1.33 bits per heavy atom. The molecule has 0 unspecified atom stereocenters. The average Bonchev–Trinajstić information content (AvgIpc) is 2.96. The van der Waals surface area contributed by atoms with Crippen LogP contribution in [-0.2, 0) is 13.0 Å². The highest BCUT2D eigenvalue weighted by molar-refractivity contribution is 7.15. The Hall–Kier alpha value is -2.25. The topological polar surface area (TPSA) is 67.6 Å². The van der Waals surface area contributed by atoms with E-state index in [1.54, 1.807) is 11.1 Å². The van der Waals surface area contributed by atoms with Crippen molar-refractivity contribution >= 4 is 33.8 Å². The first-order valence-corrected chi connectivity index (χ1v) is 8.69. The monoisotopic (exact) mass is 360 g/mol. The number of halogens is 1. The van der Waals surface area contributed by atoms with E-state index in [9.17, 15) is 9.59 Å². The molecule has 1 amide bonds. The minimum Gasteiger partial charge on any atom is -0.334 e. The molecule has 3 aromatic rings. The Morgan fingerprint density at radius 3 is 3.00 bits per heavy atom. The Labute approximate surface area is 146 Å². The van der Waals surface area contributed by atoms with Crippen LogP contribution in [0.5, 0.6) is 0 Å². The second-order valence-corrected chi connectivity index (χ2v) is 6.98. The number of pyridine rings is 1. The highest BCUT2D eigenvalue weighted by Gasteiger charge is 2.25. The lowest BCUT2D eigenvalue weighted by atomic mass is 10.1. The van der Waals surface area contributed by atoms with Gasteiger partial charge in [-0.15, -0.1) is 11.3 Å². The number of thiazole rings is 1. The Kier molecular flexibility index (Phi) is 3.62. The predicted molar refractivity (Wildman–Crippen MR) is 91.8 cm³/mol. The molecule has 122 valence electrons. The van der Waals surface area contributed by atoms with Crippen LogP contribution in [0.2, 0.25) is 5.02 Å². The molecule has 3 aromatic heterocycles. The number of hydrogen-bond donors (Lipinski definition) is 0. The van der Waals surface area contributed by atoms with E-state index in [1.165, 1.54) is 21.9 Å². The molecular weight excluding hydrogens is 348 g/mol. The summed E-state index contributed by atoms with van der Waals surface area (Å²) in [4.78, 5) is 36.2. The van der Waals surface area contributed by atoms with Crippen LogP contribution in [0.25, 0.3) is 4.96 Å². The first-order chi connectivity index (χ1) is 11.5. The van der Waals surface area contributed by atoms with Gasteiger partial charge in [-0.2, -0.15) is 0 Å². The lowest BCUT2D eigenvalue weighted by molar-refractivity contribution is 0.0731. The van der Waals surface area contributed by atoms with E-state index < -0.39 is 0 Å². The molecule has 0 saturated heterocycles. The third kappa shape index (κ3) is 2.40. The van der Waals surface area contributed by atoms with Crippen LogP contribution in [0, 0.1) is 6.92 Å². The number of amides is 1. The summed E-state index contributed by atoms with van der Waals surface area (Å²) < 4.78 is 1.48. The molecule has 0 radical (unpaired) electrons. The number of rotatable bonds is 1. The summed E-state index contributed by atoms with van der Waals surface area (Å²) in [7, 11) is 0. The van der Waals surface area contributed by atoms with E-state index in [0.717, 1.165) is 17.0 Å². The normalized spacial score (nSPS) is 14.0. The number of hydrogen-bond acceptors (Lipinski definition) is 5. The van der Waals surface area contributed by atoms with Crippen LogP contribution >= 0.6 is 22.9 Å². The van der Waals surface area contributed by atoms with Crippen LogP contribution in [0.4, 0.5) is 0 Å². The molecule has 0 aliphatic carbocycles. The Bertz CT molecular complexity index is 1030. The molecule has 4 rings (SSSR count). The lowest BCUT2D eigenvalue weighted by Crippen LogP contribution is -2.39. The second kappa shape index (κ2) is 5.68. The molecule has 0 N–H and O–H groups in total. The fraction of sp³-hybridized carbons (Fsp3) is 0.250. The van der Waals surface area contributed by atoms with Gasteiger partial charge in [0.2, 0.25) is 0 Å². The van der Waals surface area contributed by atoms with E-state index in [1.807, 2.05) is 18.4 Å². The molecular formula is C16H13ClN4O2S. The van der Waals surface area contributed by atoms with Gasteiger partial charge in [0.25, 0.3) is 11.5 Å². The predicted octanol–water partition coefficient (Wildman–Crippen LogP) is 2.31. The summed E-state index contributed by atoms with van der Waals surface area (Å²) in [5, 5.41) is 2.39. The standard InChI is InChI=1S/C16H13ClN4O2S/c1-9-8-24-16-19-6-12(15(23)21(9)16)14(22)20-3-2-13-10(7-20)4-11(17)5-18-13/h4-6,8H,2-3,7H2,1H3. The quantitative estimate of drug-likeness (QED) is 0.668. The zero-order valence-electron chi connectivity index (χ0n) is 12.8. The maximum absolute atomic E-state index is 12.8. The minimum absolute atomic E-state index is 0.0902. The Balaban J connectivity index is 1.71. The summed E-state index contributed by atoms with van der Waals surface area (Å²) in [5.41, 5.74) is 2.42. The molecule has 0 atom stereocenters. The molecule has 0 spiro atoms. The largest absolute Gasteiger partial charge is 0.334 e. The number of aryl methyl sites for hydroxylation is 1. The highest BCUT2D eigenvalue weighted by Crippen LogP contribution is 2.21. The van der Waals surface area contributed by atoms with Crippen molar-refractivity contribution in [3.63, 3.8) is 0 Å². The molecule has 8 heteroatoms. The molecule has 0 saturated carbocycles. The van der Waals surface area contributed by atoms with Gasteiger partial charge in [0, 0.05) is 48.7 Å². The van der Waals surface area contributed by atoms with Gasteiger partial charge in [-0.05, 0) is 18.6 Å². The fourth-order valence-corrected chi connectivity index (χ4v) is 3.92. The smallest absolute Gasteiger partial charge is 0.271 e. The van der Waals surface area contributed by atoms with Crippen molar-refractivity contribution < 1.29 is 4.79 Å². The number of carbonyl (C=O) groups is 1. The highest BCUT2D eigenvalue weighted by atomic mass is 35.5. The van der Waals surface area contributed by atoms with Gasteiger partial charge < -0.3 is 4.90 Å². The SMILES string of the molecule is Cc1csc2ncc(C(=O)N3CCc4ncc(Cl)cc4C3)c(=O)n12. The molecule has 1 aliphatic heterocycles. The fourth-order valence-electron chi connectivity index (χ4n) is 2.91. The van der Waals surface area contributed by atoms with E-state index in [-0.39, 0.29) is 17.0 Å². The second-order valence-electron chi connectivity index (χ2n) is 5.71. The number of carbonyl (C=O) groups excluding carboxylic acids is 1. The molecule has 0 fully saturated rings. The van der Waals surface area contributed by atoms with Crippen molar-refractivity contribution in [2.24, 2.45) is 0 Å². The van der Waals surface area contributed by atoms with Crippen molar-refractivity contribution in [3.8, 4) is 0 Å². The molecule has 24 heavy (non-hydrogen) atoms. The summed E-state index contributed by atoms with van der Waals surface area (Å²) in [6.07, 6.45) is 3.63. The maximum Gasteiger partial charge on any atom is 0.271 e.